The highest BCUT2D eigenvalue weighted by molar-refractivity contribution is 5.47. The lowest BCUT2D eigenvalue weighted by Gasteiger charge is -2.12. The summed E-state index contributed by atoms with van der Waals surface area (Å²) in [5, 5.41) is 6.69. The molecule has 0 unspecified atom stereocenters. The Hall–Kier alpha value is -1.36. The molecule has 1 aromatic rings. The van der Waals surface area contributed by atoms with Crippen LogP contribution in [0.5, 0.6) is 0 Å². The molecular formula is C16H28N4O. The fourth-order valence-corrected chi connectivity index (χ4v) is 2.82. The van der Waals surface area contributed by atoms with Crippen molar-refractivity contribution in [3.05, 3.63) is 11.9 Å². The lowest BCUT2D eigenvalue weighted by molar-refractivity contribution is 0.128. The molecule has 1 aliphatic rings. The van der Waals surface area contributed by atoms with Crippen molar-refractivity contribution in [1.29, 1.82) is 0 Å². The van der Waals surface area contributed by atoms with Crippen LogP contribution in [0.25, 0.3) is 0 Å². The number of aromatic nitrogens is 2. The summed E-state index contributed by atoms with van der Waals surface area (Å²) < 4.78 is 5.41. The van der Waals surface area contributed by atoms with Gasteiger partial charge in [-0.2, -0.15) is 0 Å². The van der Waals surface area contributed by atoms with E-state index in [0.717, 1.165) is 36.5 Å². The molecule has 5 nitrogen and oxygen atoms in total. The van der Waals surface area contributed by atoms with Crippen LogP contribution >= 0.6 is 0 Å². The van der Waals surface area contributed by atoms with E-state index in [-0.39, 0.29) is 0 Å². The molecule has 0 saturated heterocycles. The summed E-state index contributed by atoms with van der Waals surface area (Å²) in [6.07, 6.45) is 6.83. The zero-order valence-electron chi connectivity index (χ0n) is 13.3. The SMILES string of the molecule is CCNc1cc(NCCC2CCCC2)nc(COCC)n1. The van der Waals surface area contributed by atoms with E-state index in [2.05, 4.69) is 27.5 Å². The Morgan fingerprint density at radius 1 is 1.14 bits per heavy atom. The fourth-order valence-electron chi connectivity index (χ4n) is 2.82. The molecule has 5 heteroatoms. The Morgan fingerprint density at radius 3 is 2.52 bits per heavy atom. The van der Waals surface area contributed by atoms with Crippen LogP contribution in [-0.2, 0) is 11.3 Å². The third-order valence-corrected chi connectivity index (χ3v) is 3.90. The van der Waals surface area contributed by atoms with E-state index in [4.69, 9.17) is 4.74 Å². The zero-order valence-corrected chi connectivity index (χ0v) is 13.3. The maximum atomic E-state index is 5.41. The lowest BCUT2D eigenvalue weighted by atomic mass is 10.0. The zero-order chi connectivity index (χ0) is 14.9. The van der Waals surface area contributed by atoms with Crippen molar-refractivity contribution in [2.75, 3.05) is 30.3 Å². The summed E-state index contributed by atoms with van der Waals surface area (Å²) in [6.45, 7) is 7.03. The van der Waals surface area contributed by atoms with Crippen molar-refractivity contribution in [2.45, 2.75) is 52.6 Å². The van der Waals surface area contributed by atoms with Crippen molar-refractivity contribution >= 4 is 11.6 Å². The van der Waals surface area contributed by atoms with Gasteiger partial charge in [-0.1, -0.05) is 25.7 Å². The molecule has 0 spiro atoms. The molecule has 1 heterocycles. The Morgan fingerprint density at radius 2 is 1.86 bits per heavy atom. The summed E-state index contributed by atoms with van der Waals surface area (Å²) >= 11 is 0. The van der Waals surface area contributed by atoms with E-state index >= 15 is 0 Å². The van der Waals surface area contributed by atoms with Crippen LogP contribution in [0.4, 0.5) is 11.6 Å². The number of anilines is 2. The van der Waals surface area contributed by atoms with Crippen molar-refractivity contribution in [3.63, 3.8) is 0 Å². The van der Waals surface area contributed by atoms with E-state index in [9.17, 15) is 0 Å². The largest absolute Gasteiger partial charge is 0.374 e. The second-order valence-electron chi connectivity index (χ2n) is 5.59. The number of nitrogens with one attached hydrogen (secondary N) is 2. The van der Waals surface area contributed by atoms with Crippen LogP contribution in [0.2, 0.25) is 0 Å². The average molecular weight is 292 g/mol. The topological polar surface area (TPSA) is 59.1 Å². The summed E-state index contributed by atoms with van der Waals surface area (Å²) in [7, 11) is 0. The highest BCUT2D eigenvalue weighted by Crippen LogP contribution is 2.27. The molecule has 0 atom stereocenters. The van der Waals surface area contributed by atoms with Gasteiger partial charge in [-0.15, -0.1) is 0 Å². The van der Waals surface area contributed by atoms with Gasteiger partial charge in [0, 0.05) is 25.8 Å². The van der Waals surface area contributed by atoms with Gasteiger partial charge in [-0.3, -0.25) is 0 Å². The highest BCUT2D eigenvalue weighted by atomic mass is 16.5. The van der Waals surface area contributed by atoms with Crippen LogP contribution in [-0.4, -0.2) is 29.7 Å². The van der Waals surface area contributed by atoms with Gasteiger partial charge >= 0.3 is 0 Å². The van der Waals surface area contributed by atoms with Crippen molar-refractivity contribution in [1.82, 2.24) is 9.97 Å². The van der Waals surface area contributed by atoms with Gasteiger partial charge in [-0.05, 0) is 26.2 Å². The average Bonchev–Trinajstić information content (AvgIpc) is 2.99. The first-order valence-corrected chi connectivity index (χ1v) is 8.25. The quantitative estimate of drug-likeness (QED) is 0.730. The molecule has 0 radical (unpaired) electrons. The second kappa shape index (κ2) is 8.82. The van der Waals surface area contributed by atoms with Crippen LogP contribution < -0.4 is 10.6 Å². The van der Waals surface area contributed by atoms with Gasteiger partial charge in [0.05, 0.1) is 0 Å². The third kappa shape index (κ3) is 5.50. The summed E-state index contributed by atoms with van der Waals surface area (Å²) in [5.41, 5.74) is 0. The highest BCUT2D eigenvalue weighted by Gasteiger charge is 2.14. The number of nitrogens with zero attached hydrogens (tertiary/aromatic N) is 2. The van der Waals surface area contributed by atoms with Crippen LogP contribution in [0.3, 0.4) is 0 Å². The van der Waals surface area contributed by atoms with Gasteiger partial charge in [0.2, 0.25) is 0 Å². The minimum absolute atomic E-state index is 0.465. The molecule has 0 amide bonds. The molecule has 0 aromatic carbocycles. The molecular weight excluding hydrogens is 264 g/mol. The summed E-state index contributed by atoms with van der Waals surface area (Å²) in [4.78, 5) is 8.99. The van der Waals surface area contributed by atoms with E-state index in [1.54, 1.807) is 0 Å². The Balaban J connectivity index is 1.90. The molecule has 118 valence electrons. The molecule has 1 saturated carbocycles. The minimum atomic E-state index is 0.465. The molecule has 2 N–H and O–H groups in total. The van der Waals surface area contributed by atoms with Crippen LogP contribution in [0.1, 0.15) is 51.8 Å². The van der Waals surface area contributed by atoms with E-state index in [0.29, 0.717) is 13.2 Å². The predicted molar refractivity (Wildman–Crippen MR) is 86.6 cm³/mol. The van der Waals surface area contributed by atoms with Crippen LogP contribution in [0, 0.1) is 5.92 Å². The molecule has 0 aliphatic heterocycles. The molecule has 1 aliphatic carbocycles. The summed E-state index contributed by atoms with van der Waals surface area (Å²) in [6, 6.07) is 1.98. The first-order chi connectivity index (χ1) is 10.3. The maximum absolute atomic E-state index is 5.41. The Kier molecular flexibility index (Phi) is 6.73. The Bertz CT molecular complexity index is 419. The monoisotopic (exact) mass is 292 g/mol. The third-order valence-electron chi connectivity index (χ3n) is 3.90. The van der Waals surface area contributed by atoms with Gasteiger partial charge in [0.15, 0.2) is 5.82 Å². The smallest absolute Gasteiger partial charge is 0.158 e. The predicted octanol–water partition coefficient (Wildman–Crippen LogP) is 3.44. The molecule has 2 rings (SSSR count). The van der Waals surface area contributed by atoms with Gasteiger partial charge in [0.25, 0.3) is 0 Å². The standard InChI is InChI=1S/C16H28N4O/c1-3-17-14-11-15(20-16(19-14)12-21-4-2)18-10-9-13-7-5-6-8-13/h11,13H,3-10,12H2,1-2H3,(H2,17,18,19,20). The van der Waals surface area contributed by atoms with Gasteiger partial charge in [0.1, 0.15) is 18.2 Å². The molecule has 21 heavy (non-hydrogen) atoms. The van der Waals surface area contributed by atoms with Crippen molar-refractivity contribution in [2.24, 2.45) is 5.92 Å². The first-order valence-electron chi connectivity index (χ1n) is 8.25. The van der Waals surface area contributed by atoms with Crippen molar-refractivity contribution < 1.29 is 4.74 Å². The fraction of sp³-hybridized carbons (Fsp3) is 0.750. The van der Waals surface area contributed by atoms with E-state index in [1.807, 2.05) is 13.0 Å². The van der Waals surface area contributed by atoms with Gasteiger partial charge in [-0.25, -0.2) is 9.97 Å². The normalized spacial score (nSPS) is 15.3. The van der Waals surface area contributed by atoms with Crippen LogP contribution in [0.15, 0.2) is 6.07 Å². The lowest BCUT2D eigenvalue weighted by Crippen LogP contribution is -2.11. The summed E-state index contributed by atoms with van der Waals surface area (Å²) in [5.74, 6) is 3.40. The molecule has 0 bridgehead atoms. The first kappa shape index (κ1) is 16.0. The number of hydrogen-bond donors (Lipinski definition) is 2. The van der Waals surface area contributed by atoms with E-state index < -0.39 is 0 Å². The van der Waals surface area contributed by atoms with E-state index in [1.165, 1.54) is 32.1 Å². The maximum Gasteiger partial charge on any atom is 0.158 e. The number of hydrogen-bond acceptors (Lipinski definition) is 5. The second-order valence-corrected chi connectivity index (χ2v) is 5.59. The molecule has 1 fully saturated rings. The minimum Gasteiger partial charge on any atom is -0.374 e. The van der Waals surface area contributed by atoms with Crippen molar-refractivity contribution in [3.8, 4) is 0 Å². The van der Waals surface area contributed by atoms with Gasteiger partial charge < -0.3 is 15.4 Å². The molecule has 1 aromatic heterocycles. The Labute approximate surface area is 127 Å². The number of ether oxygens (including phenoxy) is 1. The number of rotatable bonds is 9.